The van der Waals surface area contributed by atoms with Gasteiger partial charge in [-0.3, -0.25) is 9.36 Å². The quantitative estimate of drug-likeness (QED) is 0.173. The second-order valence-electron chi connectivity index (χ2n) is 14.1. The van der Waals surface area contributed by atoms with E-state index in [0.717, 1.165) is 93.5 Å². The minimum absolute atomic E-state index is 0.0592. The SMILES string of the molecule is O=c1c2cc3c(cc2c2cc4c5ccccc5n(-c5ccccc5)c4cc2n1-c1ccccc1)c1ccccc1n3-c1cccc2oc3ccccc3c12. The topological polar surface area (TPSA) is 45.0 Å². The van der Waals surface area contributed by atoms with E-state index in [-0.39, 0.29) is 5.56 Å². The van der Waals surface area contributed by atoms with E-state index in [0.29, 0.717) is 5.39 Å². The molecule has 252 valence electrons. The molecule has 0 radical (unpaired) electrons. The number of benzene rings is 8. The first-order valence-electron chi connectivity index (χ1n) is 18.2. The molecular weight excluding hydrogens is 663 g/mol. The molecule has 0 amide bonds. The van der Waals surface area contributed by atoms with Crippen molar-refractivity contribution < 1.29 is 4.42 Å². The molecule has 0 aliphatic rings. The molecule has 0 spiro atoms. The third-order valence-electron chi connectivity index (χ3n) is 11.2. The summed E-state index contributed by atoms with van der Waals surface area (Å²) in [4.78, 5) is 15.2. The van der Waals surface area contributed by atoms with E-state index in [9.17, 15) is 0 Å². The summed E-state index contributed by atoms with van der Waals surface area (Å²) in [7, 11) is 0. The Hall–Kier alpha value is -7.37. The van der Waals surface area contributed by atoms with Crippen LogP contribution in [0.5, 0.6) is 0 Å². The molecule has 5 nitrogen and oxygen atoms in total. The fourth-order valence-corrected chi connectivity index (χ4v) is 8.94. The van der Waals surface area contributed by atoms with Gasteiger partial charge in [-0.25, -0.2) is 0 Å². The Morgan fingerprint density at radius 2 is 0.852 bits per heavy atom. The van der Waals surface area contributed by atoms with E-state index in [1.54, 1.807) is 0 Å². The predicted octanol–water partition coefficient (Wildman–Crippen LogP) is 12.2. The molecule has 12 rings (SSSR count). The van der Waals surface area contributed by atoms with Gasteiger partial charge in [0.15, 0.2) is 0 Å². The fourth-order valence-electron chi connectivity index (χ4n) is 8.94. The van der Waals surface area contributed by atoms with Crippen molar-refractivity contribution in [2.24, 2.45) is 0 Å². The van der Waals surface area contributed by atoms with Gasteiger partial charge in [-0.15, -0.1) is 0 Å². The Kier molecular flexibility index (Phi) is 5.86. The van der Waals surface area contributed by atoms with Crippen LogP contribution in [0.4, 0.5) is 0 Å². The van der Waals surface area contributed by atoms with Gasteiger partial charge in [-0.1, -0.05) is 97.1 Å². The molecule has 8 aromatic carbocycles. The van der Waals surface area contributed by atoms with Crippen LogP contribution in [-0.2, 0) is 0 Å². The summed E-state index contributed by atoms with van der Waals surface area (Å²) in [6.45, 7) is 0. The van der Waals surface area contributed by atoms with Crippen LogP contribution in [0.3, 0.4) is 0 Å². The van der Waals surface area contributed by atoms with Crippen molar-refractivity contribution in [3.05, 3.63) is 186 Å². The molecule has 0 atom stereocenters. The van der Waals surface area contributed by atoms with Gasteiger partial charge in [-0.05, 0) is 84.2 Å². The zero-order valence-electron chi connectivity index (χ0n) is 28.9. The number of nitrogens with zero attached hydrogens (tertiary/aromatic N) is 3. The molecule has 5 heteroatoms. The highest BCUT2D eigenvalue weighted by atomic mass is 16.3. The third kappa shape index (κ3) is 3.90. The minimum atomic E-state index is -0.0592. The first-order chi connectivity index (χ1) is 26.7. The maximum atomic E-state index is 15.2. The first-order valence-corrected chi connectivity index (χ1v) is 18.2. The maximum absolute atomic E-state index is 15.2. The Bertz CT molecular complexity index is 3570. The zero-order valence-corrected chi connectivity index (χ0v) is 28.9. The highest BCUT2D eigenvalue weighted by molar-refractivity contribution is 6.22. The van der Waals surface area contributed by atoms with Crippen LogP contribution in [0.2, 0.25) is 0 Å². The lowest BCUT2D eigenvalue weighted by Crippen LogP contribution is -2.19. The van der Waals surface area contributed by atoms with E-state index >= 15 is 4.79 Å². The van der Waals surface area contributed by atoms with Crippen molar-refractivity contribution in [1.82, 2.24) is 13.7 Å². The lowest BCUT2D eigenvalue weighted by atomic mass is 10.0. The van der Waals surface area contributed by atoms with Crippen LogP contribution in [0, 0.1) is 0 Å². The molecule has 0 unspecified atom stereocenters. The molecule has 0 saturated heterocycles. The number of furan rings is 1. The van der Waals surface area contributed by atoms with Crippen molar-refractivity contribution in [2.45, 2.75) is 0 Å². The molecule has 0 fully saturated rings. The van der Waals surface area contributed by atoms with E-state index in [1.165, 1.54) is 5.39 Å². The standard InChI is InChI=1S/C49H29N3O2/c53-49-39-28-43-36(33-19-8-11-22-41(33)52(43)42-23-13-25-47-48(42)34-20-9-12-24-46(34)54-47)26-35(39)38-27-37-32-18-7-10-21-40(32)50(30-14-3-1-4-15-30)44(37)29-45(38)51(49)31-16-5-2-6-17-31/h1-29H. The van der Waals surface area contributed by atoms with Crippen LogP contribution in [0.1, 0.15) is 0 Å². The van der Waals surface area contributed by atoms with Crippen molar-refractivity contribution in [2.75, 3.05) is 0 Å². The molecular formula is C49H29N3O2. The van der Waals surface area contributed by atoms with Crippen molar-refractivity contribution in [3.8, 4) is 17.1 Å². The molecule has 4 aromatic heterocycles. The van der Waals surface area contributed by atoms with Gasteiger partial charge in [0.05, 0.1) is 44.0 Å². The van der Waals surface area contributed by atoms with Crippen LogP contribution in [0.15, 0.2) is 185 Å². The first kappa shape index (κ1) is 29.2. The van der Waals surface area contributed by atoms with Crippen LogP contribution in [-0.4, -0.2) is 13.7 Å². The molecule has 0 bridgehead atoms. The minimum Gasteiger partial charge on any atom is -0.456 e. The van der Waals surface area contributed by atoms with Crippen molar-refractivity contribution in [3.63, 3.8) is 0 Å². The van der Waals surface area contributed by atoms with E-state index in [4.69, 9.17) is 4.42 Å². The second-order valence-corrected chi connectivity index (χ2v) is 14.1. The van der Waals surface area contributed by atoms with Crippen LogP contribution < -0.4 is 5.56 Å². The summed E-state index contributed by atoms with van der Waals surface area (Å²) < 4.78 is 12.9. The summed E-state index contributed by atoms with van der Waals surface area (Å²) >= 11 is 0. The van der Waals surface area contributed by atoms with Gasteiger partial charge in [0, 0.05) is 43.7 Å². The summed E-state index contributed by atoms with van der Waals surface area (Å²) in [6, 6.07) is 60.9. The van der Waals surface area contributed by atoms with E-state index in [1.807, 2.05) is 59.2 Å². The Balaban J connectivity index is 1.27. The van der Waals surface area contributed by atoms with Gasteiger partial charge in [0.25, 0.3) is 5.56 Å². The monoisotopic (exact) mass is 691 g/mol. The van der Waals surface area contributed by atoms with Crippen molar-refractivity contribution >= 4 is 87.2 Å². The molecule has 0 aliphatic carbocycles. The van der Waals surface area contributed by atoms with Gasteiger partial charge in [-0.2, -0.15) is 0 Å². The van der Waals surface area contributed by atoms with Gasteiger partial charge in [0.1, 0.15) is 11.2 Å². The number of hydrogen-bond donors (Lipinski definition) is 0. The normalized spacial score (nSPS) is 12.1. The Labute approximate surface area is 307 Å². The Morgan fingerprint density at radius 1 is 0.333 bits per heavy atom. The largest absolute Gasteiger partial charge is 0.456 e. The molecule has 54 heavy (non-hydrogen) atoms. The van der Waals surface area contributed by atoms with Crippen LogP contribution >= 0.6 is 0 Å². The molecule has 12 aromatic rings. The zero-order chi connectivity index (χ0) is 35.5. The summed E-state index contributed by atoms with van der Waals surface area (Å²) in [5, 5.41) is 9.26. The Morgan fingerprint density at radius 3 is 1.57 bits per heavy atom. The van der Waals surface area contributed by atoms with Crippen molar-refractivity contribution in [1.29, 1.82) is 0 Å². The number of rotatable bonds is 3. The maximum Gasteiger partial charge on any atom is 0.263 e. The number of fused-ring (bicyclic) bond motifs is 12. The molecule has 4 heterocycles. The molecule has 0 aliphatic heterocycles. The number of pyridine rings is 1. The lowest BCUT2D eigenvalue weighted by Gasteiger charge is -2.16. The summed E-state index contributed by atoms with van der Waals surface area (Å²) in [6.07, 6.45) is 0. The highest BCUT2D eigenvalue weighted by Crippen LogP contribution is 2.42. The smallest absolute Gasteiger partial charge is 0.263 e. The lowest BCUT2D eigenvalue weighted by molar-refractivity contribution is 0.669. The summed E-state index contributed by atoms with van der Waals surface area (Å²) in [5.41, 5.74) is 9.62. The average Bonchev–Trinajstić information content (AvgIpc) is 3.88. The molecule has 0 saturated carbocycles. The highest BCUT2D eigenvalue weighted by Gasteiger charge is 2.22. The third-order valence-corrected chi connectivity index (χ3v) is 11.2. The van der Waals surface area contributed by atoms with E-state index < -0.39 is 0 Å². The number of aromatic nitrogens is 3. The van der Waals surface area contributed by atoms with Crippen LogP contribution in [0.25, 0.3) is 104 Å². The number of para-hydroxylation sites is 5. The van der Waals surface area contributed by atoms with Gasteiger partial charge >= 0.3 is 0 Å². The number of hydrogen-bond acceptors (Lipinski definition) is 2. The fraction of sp³-hybridized carbons (Fsp3) is 0. The second kappa shape index (κ2) is 10.8. The average molecular weight is 692 g/mol. The molecule has 0 N–H and O–H groups in total. The van der Waals surface area contributed by atoms with E-state index in [2.05, 4.69) is 130 Å². The van der Waals surface area contributed by atoms with Gasteiger partial charge < -0.3 is 13.6 Å². The summed E-state index contributed by atoms with van der Waals surface area (Å²) in [5.74, 6) is 0. The predicted molar refractivity (Wildman–Crippen MR) is 223 cm³/mol. The van der Waals surface area contributed by atoms with Gasteiger partial charge in [0.2, 0.25) is 0 Å².